The van der Waals surface area contributed by atoms with Gasteiger partial charge in [0.15, 0.2) is 0 Å². The molecule has 0 atom stereocenters. The molecular weight excluding hydrogens is 344 g/mol. The maximum atomic E-state index is 12.5. The monoisotopic (exact) mass is 366 g/mol. The highest BCUT2D eigenvalue weighted by Gasteiger charge is 2.21. The van der Waals surface area contributed by atoms with Crippen LogP contribution in [0.1, 0.15) is 51.4 Å². The molecule has 136 valence electrons. The summed E-state index contributed by atoms with van der Waals surface area (Å²) in [6.45, 7) is 4.61. The molecule has 0 aliphatic rings. The molecule has 2 aromatic heterocycles. The van der Waals surface area contributed by atoms with Gasteiger partial charge < -0.3 is 14.1 Å². The minimum atomic E-state index is -0.575. The summed E-state index contributed by atoms with van der Waals surface area (Å²) in [6, 6.07) is 3.11. The molecule has 8 heteroatoms. The Morgan fingerprint density at radius 2 is 2.08 bits per heavy atom. The van der Waals surface area contributed by atoms with Gasteiger partial charge in [-0.15, -0.1) is 0 Å². The van der Waals surface area contributed by atoms with Crippen molar-refractivity contribution in [2.45, 2.75) is 33.2 Å². The lowest BCUT2D eigenvalue weighted by molar-refractivity contribution is 0.0562. The number of esters is 1. The van der Waals surface area contributed by atoms with E-state index >= 15 is 0 Å². The minimum absolute atomic E-state index is 0.0778. The van der Waals surface area contributed by atoms with Crippen LogP contribution < -0.4 is 4.87 Å². The molecule has 0 saturated heterocycles. The van der Waals surface area contributed by atoms with Gasteiger partial charge in [0.2, 0.25) is 5.76 Å². The highest BCUT2D eigenvalue weighted by atomic mass is 32.1. The number of rotatable bonds is 7. The van der Waals surface area contributed by atoms with Crippen molar-refractivity contribution >= 4 is 23.2 Å². The topological polar surface area (TPSA) is 81.8 Å². The van der Waals surface area contributed by atoms with Gasteiger partial charge in [-0.1, -0.05) is 24.7 Å². The first-order chi connectivity index (χ1) is 11.9. The van der Waals surface area contributed by atoms with Crippen LogP contribution in [0.2, 0.25) is 0 Å². The van der Waals surface area contributed by atoms with E-state index < -0.39 is 5.97 Å². The number of nitrogens with zero attached hydrogens (tertiary/aromatic N) is 2. The zero-order chi connectivity index (χ0) is 18.6. The van der Waals surface area contributed by atoms with Crippen molar-refractivity contribution in [3.8, 4) is 0 Å². The third kappa shape index (κ3) is 4.19. The van der Waals surface area contributed by atoms with Crippen LogP contribution in [0, 0.1) is 6.92 Å². The highest BCUT2D eigenvalue weighted by molar-refractivity contribution is 7.11. The molecule has 0 aliphatic heterocycles. The summed E-state index contributed by atoms with van der Waals surface area (Å²) in [4.78, 5) is 38.1. The van der Waals surface area contributed by atoms with Gasteiger partial charge in [0.05, 0.1) is 13.7 Å². The quantitative estimate of drug-likeness (QED) is 0.703. The van der Waals surface area contributed by atoms with E-state index in [0.29, 0.717) is 22.9 Å². The molecule has 0 spiro atoms. The zero-order valence-electron chi connectivity index (χ0n) is 14.8. The number of methoxy groups -OCH3 is 1. The third-order valence-corrected chi connectivity index (χ3v) is 4.96. The Hall–Kier alpha value is -2.35. The second-order valence-corrected chi connectivity index (χ2v) is 6.67. The number of hydrogen-bond acceptors (Lipinski definition) is 6. The maximum absolute atomic E-state index is 12.5. The summed E-state index contributed by atoms with van der Waals surface area (Å²) in [5, 5.41) is 0. The van der Waals surface area contributed by atoms with E-state index in [1.165, 1.54) is 17.7 Å². The number of amides is 1. The number of unbranched alkanes of at least 4 members (excludes halogenated alkanes) is 1. The Morgan fingerprint density at radius 3 is 2.72 bits per heavy atom. The summed E-state index contributed by atoms with van der Waals surface area (Å²) < 4.78 is 11.5. The van der Waals surface area contributed by atoms with Crippen molar-refractivity contribution in [2.75, 3.05) is 20.7 Å². The molecule has 0 aromatic carbocycles. The van der Waals surface area contributed by atoms with Crippen molar-refractivity contribution < 1.29 is 18.7 Å². The van der Waals surface area contributed by atoms with Gasteiger partial charge in [-0.05, 0) is 25.5 Å². The first-order valence-electron chi connectivity index (χ1n) is 8.01. The average molecular weight is 366 g/mol. The summed E-state index contributed by atoms with van der Waals surface area (Å²) in [7, 11) is 3.01. The van der Waals surface area contributed by atoms with Crippen molar-refractivity contribution in [2.24, 2.45) is 0 Å². The van der Waals surface area contributed by atoms with Gasteiger partial charge in [0, 0.05) is 19.3 Å². The molecule has 1 amide bonds. The van der Waals surface area contributed by atoms with Gasteiger partial charge in [-0.3, -0.25) is 14.2 Å². The van der Waals surface area contributed by atoms with E-state index in [9.17, 15) is 14.4 Å². The van der Waals surface area contributed by atoms with Crippen molar-refractivity contribution in [3.05, 3.63) is 43.9 Å². The molecule has 2 aromatic rings. The van der Waals surface area contributed by atoms with Gasteiger partial charge in [-0.2, -0.15) is 0 Å². The second-order valence-electron chi connectivity index (χ2n) is 5.71. The average Bonchev–Trinajstić information content (AvgIpc) is 3.18. The first kappa shape index (κ1) is 19.0. The number of hydrogen-bond donors (Lipinski definition) is 0. The fourth-order valence-electron chi connectivity index (χ4n) is 2.36. The summed E-state index contributed by atoms with van der Waals surface area (Å²) in [5.74, 6) is -0.202. The Kier molecular flexibility index (Phi) is 6.19. The van der Waals surface area contributed by atoms with E-state index in [-0.39, 0.29) is 23.1 Å². The van der Waals surface area contributed by atoms with Crippen LogP contribution in [0.25, 0.3) is 0 Å². The predicted molar refractivity (Wildman–Crippen MR) is 94.3 cm³/mol. The lowest BCUT2D eigenvalue weighted by atomic mass is 10.3. The van der Waals surface area contributed by atoms with Gasteiger partial charge in [0.25, 0.3) is 5.91 Å². The van der Waals surface area contributed by atoms with E-state index in [1.807, 2.05) is 0 Å². The summed E-state index contributed by atoms with van der Waals surface area (Å²) >= 11 is 0.931. The Labute approximate surface area is 149 Å². The van der Waals surface area contributed by atoms with Crippen LogP contribution in [0.15, 0.2) is 21.3 Å². The lowest BCUT2D eigenvalue weighted by Gasteiger charge is -2.16. The molecule has 0 aliphatic carbocycles. The maximum Gasteiger partial charge on any atom is 0.373 e. The Morgan fingerprint density at radius 1 is 1.36 bits per heavy atom. The molecule has 2 rings (SSSR count). The number of thiazole rings is 1. The molecule has 0 unspecified atom stereocenters. The molecule has 0 fully saturated rings. The third-order valence-electron chi connectivity index (χ3n) is 3.89. The molecule has 0 bridgehead atoms. The molecule has 0 radical (unpaired) electrons. The highest BCUT2D eigenvalue weighted by Crippen LogP contribution is 2.17. The van der Waals surface area contributed by atoms with Crippen molar-refractivity contribution in [3.63, 3.8) is 0 Å². The number of carbonyl (C=O) groups excluding carboxylic acids is 2. The van der Waals surface area contributed by atoms with Crippen molar-refractivity contribution in [1.82, 2.24) is 9.47 Å². The second kappa shape index (κ2) is 8.15. The largest absolute Gasteiger partial charge is 0.463 e. The summed E-state index contributed by atoms with van der Waals surface area (Å²) in [5.41, 5.74) is 0.597. The normalized spacial score (nSPS) is 10.7. The zero-order valence-corrected chi connectivity index (χ0v) is 15.6. The number of carbonyl (C=O) groups is 2. The molecule has 7 nitrogen and oxygen atoms in total. The van der Waals surface area contributed by atoms with Crippen LogP contribution in [-0.4, -0.2) is 42.0 Å². The fraction of sp³-hybridized carbons (Fsp3) is 0.471. The Balaban J connectivity index is 2.22. The standard InChI is InChI=1S/C17H22N2O5S/c1-5-6-9-18(3)15(20)14-11(2)19(17(22)25-14)10-12-7-8-13(24-12)16(21)23-4/h7-8H,5-6,9-10H2,1-4H3. The van der Waals surface area contributed by atoms with E-state index in [2.05, 4.69) is 11.7 Å². The SMILES string of the molecule is CCCCN(C)C(=O)c1sc(=O)n(Cc2ccc(C(=O)OC)o2)c1C. The van der Waals surface area contributed by atoms with Crippen molar-refractivity contribution in [1.29, 1.82) is 0 Å². The van der Waals surface area contributed by atoms with Crippen LogP contribution in [0.5, 0.6) is 0 Å². The molecule has 2 heterocycles. The predicted octanol–water partition coefficient (Wildman–Crippen LogP) is 2.52. The lowest BCUT2D eigenvalue weighted by Crippen LogP contribution is -2.27. The number of aromatic nitrogens is 1. The number of furan rings is 1. The van der Waals surface area contributed by atoms with E-state index in [4.69, 9.17) is 4.42 Å². The summed E-state index contributed by atoms with van der Waals surface area (Å²) in [6.07, 6.45) is 1.91. The molecular formula is C17H22N2O5S. The van der Waals surface area contributed by atoms with Gasteiger partial charge >= 0.3 is 10.8 Å². The fourth-order valence-corrected chi connectivity index (χ4v) is 3.34. The van der Waals surface area contributed by atoms with Gasteiger partial charge in [0.1, 0.15) is 10.6 Å². The van der Waals surface area contributed by atoms with Gasteiger partial charge in [-0.25, -0.2) is 4.79 Å². The smallest absolute Gasteiger partial charge is 0.373 e. The van der Waals surface area contributed by atoms with Crippen LogP contribution in [0.3, 0.4) is 0 Å². The Bertz CT molecular complexity index is 817. The van der Waals surface area contributed by atoms with Crippen LogP contribution >= 0.6 is 11.3 Å². The minimum Gasteiger partial charge on any atom is -0.463 e. The van der Waals surface area contributed by atoms with Crippen LogP contribution in [-0.2, 0) is 11.3 Å². The number of ether oxygens (including phenoxy) is 1. The van der Waals surface area contributed by atoms with Crippen LogP contribution in [0.4, 0.5) is 0 Å². The first-order valence-corrected chi connectivity index (χ1v) is 8.83. The molecule has 0 N–H and O–H groups in total. The van der Waals surface area contributed by atoms with E-state index in [1.54, 1.807) is 24.9 Å². The molecule has 0 saturated carbocycles. The van der Waals surface area contributed by atoms with E-state index in [0.717, 1.165) is 24.2 Å². The molecule has 25 heavy (non-hydrogen) atoms.